The molecule has 0 bridgehead atoms. The Morgan fingerprint density at radius 2 is 2.00 bits per heavy atom. The molecule has 2 unspecified atom stereocenters. The molecule has 0 saturated heterocycles. The van der Waals surface area contributed by atoms with Gasteiger partial charge in [-0.3, -0.25) is 4.79 Å². The lowest BCUT2D eigenvalue weighted by atomic mass is 9.99. The van der Waals surface area contributed by atoms with Gasteiger partial charge in [-0.05, 0) is 24.5 Å². The molecular weight excluding hydrogens is 289 g/mol. The summed E-state index contributed by atoms with van der Waals surface area (Å²) >= 11 is 0. The maximum absolute atomic E-state index is 13.5. The molecule has 2 N–H and O–H groups in total. The van der Waals surface area contributed by atoms with Crippen molar-refractivity contribution in [2.75, 3.05) is 13.7 Å². The quantitative estimate of drug-likeness (QED) is 0.731. The molecule has 1 amide bonds. The SMILES string of the molecule is COCCC(NC(=O)C(C)CCc1ccccc1F)C(=O)O. The molecule has 0 aliphatic rings. The van der Waals surface area contributed by atoms with Crippen LogP contribution in [0.1, 0.15) is 25.3 Å². The second-order valence-electron chi connectivity index (χ2n) is 5.21. The molecule has 1 aromatic rings. The van der Waals surface area contributed by atoms with E-state index in [1.165, 1.54) is 13.2 Å². The molecule has 0 fully saturated rings. The lowest BCUT2D eigenvalue weighted by Gasteiger charge is -2.17. The van der Waals surface area contributed by atoms with E-state index < -0.39 is 17.9 Å². The molecule has 22 heavy (non-hydrogen) atoms. The van der Waals surface area contributed by atoms with Crippen molar-refractivity contribution in [2.24, 2.45) is 5.92 Å². The van der Waals surface area contributed by atoms with Crippen molar-refractivity contribution in [3.8, 4) is 0 Å². The zero-order chi connectivity index (χ0) is 16.5. The summed E-state index contributed by atoms with van der Waals surface area (Å²) in [6.45, 7) is 1.95. The van der Waals surface area contributed by atoms with Crippen molar-refractivity contribution in [3.05, 3.63) is 35.6 Å². The Bertz CT molecular complexity index is 507. The predicted octanol–water partition coefficient (Wildman–Crippen LogP) is 2.00. The van der Waals surface area contributed by atoms with Crippen LogP contribution in [0.15, 0.2) is 24.3 Å². The molecular formula is C16H22FNO4. The summed E-state index contributed by atoms with van der Waals surface area (Å²) in [7, 11) is 1.47. The lowest BCUT2D eigenvalue weighted by molar-refractivity contribution is -0.142. The molecule has 1 rings (SSSR count). The van der Waals surface area contributed by atoms with Gasteiger partial charge in [-0.1, -0.05) is 25.1 Å². The Labute approximate surface area is 129 Å². The van der Waals surface area contributed by atoms with Crippen LogP contribution >= 0.6 is 0 Å². The zero-order valence-corrected chi connectivity index (χ0v) is 12.8. The van der Waals surface area contributed by atoms with Crippen LogP contribution in [0.4, 0.5) is 4.39 Å². The minimum Gasteiger partial charge on any atom is -0.480 e. The van der Waals surface area contributed by atoms with E-state index in [2.05, 4.69) is 5.32 Å². The van der Waals surface area contributed by atoms with Gasteiger partial charge in [-0.25, -0.2) is 9.18 Å². The van der Waals surface area contributed by atoms with Gasteiger partial charge in [0.25, 0.3) is 0 Å². The van der Waals surface area contributed by atoms with Gasteiger partial charge in [-0.15, -0.1) is 0 Å². The number of ether oxygens (including phenoxy) is 1. The molecule has 0 spiro atoms. The van der Waals surface area contributed by atoms with E-state index in [1.54, 1.807) is 25.1 Å². The number of aryl methyl sites for hydroxylation is 1. The number of carbonyl (C=O) groups excluding carboxylic acids is 1. The number of carboxylic acids is 1. The molecule has 2 atom stereocenters. The number of carboxylic acid groups (broad SMARTS) is 1. The monoisotopic (exact) mass is 311 g/mol. The topological polar surface area (TPSA) is 75.6 Å². The van der Waals surface area contributed by atoms with E-state index in [9.17, 15) is 14.0 Å². The highest BCUT2D eigenvalue weighted by atomic mass is 19.1. The average molecular weight is 311 g/mol. The van der Waals surface area contributed by atoms with Crippen LogP contribution in [0.2, 0.25) is 0 Å². The third kappa shape index (κ3) is 5.81. The fourth-order valence-corrected chi connectivity index (χ4v) is 2.01. The molecule has 6 heteroatoms. The number of benzene rings is 1. The second kappa shape index (κ2) is 9.15. The average Bonchev–Trinajstić information content (AvgIpc) is 2.49. The van der Waals surface area contributed by atoms with Crippen LogP contribution in [0.25, 0.3) is 0 Å². The third-order valence-corrected chi connectivity index (χ3v) is 3.48. The maximum Gasteiger partial charge on any atom is 0.326 e. The molecule has 0 heterocycles. The van der Waals surface area contributed by atoms with Gasteiger partial charge in [0.1, 0.15) is 11.9 Å². The van der Waals surface area contributed by atoms with Gasteiger partial charge in [0.15, 0.2) is 0 Å². The van der Waals surface area contributed by atoms with Gasteiger partial charge < -0.3 is 15.2 Å². The van der Waals surface area contributed by atoms with Crippen molar-refractivity contribution >= 4 is 11.9 Å². The molecule has 122 valence electrons. The van der Waals surface area contributed by atoms with Crippen LogP contribution in [0, 0.1) is 11.7 Å². The van der Waals surface area contributed by atoms with Crippen molar-refractivity contribution < 1.29 is 23.8 Å². The molecule has 1 aromatic carbocycles. The number of carbonyl (C=O) groups is 2. The standard InChI is InChI=1S/C16H22FNO4/c1-11(7-8-12-5-3-4-6-13(12)17)15(19)18-14(16(20)21)9-10-22-2/h3-6,11,14H,7-10H2,1-2H3,(H,18,19)(H,20,21). The second-order valence-corrected chi connectivity index (χ2v) is 5.21. The first kappa shape index (κ1) is 18.1. The van der Waals surface area contributed by atoms with Gasteiger partial charge in [-0.2, -0.15) is 0 Å². The van der Waals surface area contributed by atoms with E-state index in [0.29, 0.717) is 18.4 Å². The Hall–Kier alpha value is -1.95. The van der Waals surface area contributed by atoms with Crippen LogP contribution in [0.5, 0.6) is 0 Å². The highest BCUT2D eigenvalue weighted by Crippen LogP contribution is 2.13. The van der Waals surface area contributed by atoms with Gasteiger partial charge in [0, 0.05) is 26.1 Å². The van der Waals surface area contributed by atoms with Crippen molar-refractivity contribution in [1.29, 1.82) is 0 Å². The van der Waals surface area contributed by atoms with E-state index in [0.717, 1.165) is 0 Å². The van der Waals surface area contributed by atoms with E-state index in [4.69, 9.17) is 9.84 Å². The number of methoxy groups -OCH3 is 1. The maximum atomic E-state index is 13.5. The molecule has 5 nitrogen and oxygen atoms in total. The van der Waals surface area contributed by atoms with Crippen LogP contribution in [-0.2, 0) is 20.7 Å². The van der Waals surface area contributed by atoms with Crippen LogP contribution < -0.4 is 5.32 Å². The largest absolute Gasteiger partial charge is 0.480 e. The summed E-state index contributed by atoms with van der Waals surface area (Å²) in [4.78, 5) is 23.1. The van der Waals surface area contributed by atoms with Crippen LogP contribution in [0.3, 0.4) is 0 Å². The van der Waals surface area contributed by atoms with Crippen LogP contribution in [-0.4, -0.2) is 36.7 Å². The smallest absolute Gasteiger partial charge is 0.326 e. The number of hydrogen-bond donors (Lipinski definition) is 2. The minimum absolute atomic E-state index is 0.206. The van der Waals surface area contributed by atoms with Crippen molar-refractivity contribution in [1.82, 2.24) is 5.32 Å². The van der Waals surface area contributed by atoms with Crippen molar-refractivity contribution in [3.63, 3.8) is 0 Å². The predicted molar refractivity (Wildman–Crippen MR) is 79.9 cm³/mol. The summed E-state index contributed by atoms with van der Waals surface area (Å²) in [5.74, 6) is -2.13. The number of aliphatic carboxylic acids is 1. The summed E-state index contributed by atoms with van der Waals surface area (Å²) in [5, 5.41) is 11.5. The Balaban J connectivity index is 2.50. The fraction of sp³-hybridized carbons (Fsp3) is 0.500. The molecule has 0 aromatic heterocycles. The van der Waals surface area contributed by atoms with Gasteiger partial charge in [0.05, 0.1) is 0 Å². The number of nitrogens with one attached hydrogen (secondary N) is 1. The lowest BCUT2D eigenvalue weighted by Crippen LogP contribution is -2.43. The highest BCUT2D eigenvalue weighted by Gasteiger charge is 2.22. The Kier molecular flexibility index (Phi) is 7.52. The van der Waals surface area contributed by atoms with Gasteiger partial charge >= 0.3 is 5.97 Å². The third-order valence-electron chi connectivity index (χ3n) is 3.48. The summed E-state index contributed by atoms with van der Waals surface area (Å²) in [6, 6.07) is 5.45. The summed E-state index contributed by atoms with van der Waals surface area (Å²) in [5.41, 5.74) is 0.552. The fourth-order valence-electron chi connectivity index (χ4n) is 2.01. The van der Waals surface area contributed by atoms with E-state index >= 15 is 0 Å². The molecule has 0 aliphatic heterocycles. The molecule has 0 radical (unpaired) electrons. The first-order valence-electron chi connectivity index (χ1n) is 7.21. The first-order valence-corrected chi connectivity index (χ1v) is 7.21. The normalized spacial score (nSPS) is 13.4. The summed E-state index contributed by atoms with van der Waals surface area (Å²) < 4.78 is 18.3. The number of halogens is 1. The number of amides is 1. The summed E-state index contributed by atoms with van der Waals surface area (Å²) in [6.07, 6.45) is 1.08. The molecule has 0 aliphatic carbocycles. The Morgan fingerprint density at radius 3 is 2.59 bits per heavy atom. The van der Waals surface area contributed by atoms with E-state index in [-0.39, 0.29) is 24.8 Å². The minimum atomic E-state index is -1.09. The zero-order valence-electron chi connectivity index (χ0n) is 12.8. The molecule has 0 saturated carbocycles. The van der Waals surface area contributed by atoms with Gasteiger partial charge in [0.2, 0.25) is 5.91 Å². The van der Waals surface area contributed by atoms with E-state index in [1.807, 2.05) is 0 Å². The van der Waals surface area contributed by atoms with Crippen molar-refractivity contribution in [2.45, 2.75) is 32.2 Å². The number of rotatable bonds is 9. The number of hydrogen-bond acceptors (Lipinski definition) is 3. The Morgan fingerprint density at radius 1 is 1.32 bits per heavy atom. The first-order chi connectivity index (χ1) is 10.5. The highest BCUT2D eigenvalue weighted by molar-refractivity contribution is 5.84.